The zero-order chi connectivity index (χ0) is 48.7. The van der Waals surface area contributed by atoms with E-state index in [0.717, 1.165) is 77.6 Å². The molecule has 0 aliphatic rings. The van der Waals surface area contributed by atoms with Crippen LogP contribution in [0, 0.1) is 0 Å². The molecule has 344 valence electrons. The second-order valence-corrected chi connectivity index (χ2v) is 19.2. The molecule has 0 fully saturated rings. The SMILES string of the molecule is c1ccc(-c2ccc(-c3cc(-c4nc(-c5ccccc5)nc(-c5ccc6c7ccccc7n(-c7ccccc7)c6c5)n4)c4ccccc4c3-n3c4cc5ccccc5cc4c4cc5ccccc5cc43)cc2)cc1. The second kappa shape index (κ2) is 16.8. The normalized spacial score (nSPS) is 11.8. The van der Waals surface area contributed by atoms with Gasteiger partial charge in [-0.2, -0.15) is 0 Å². The Morgan fingerprint density at radius 2 is 0.676 bits per heavy atom. The van der Waals surface area contributed by atoms with Crippen LogP contribution in [0.1, 0.15) is 0 Å². The van der Waals surface area contributed by atoms with Crippen LogP contribution in [0.15, 0.2) is 261 Å². The molecule has 0 amide bonds. The first-order valence-electron chi connectivity index (χ1n) is 25.2. The molecule has 15 rings (SSSR count). The predicted octanol–water partition coefficient (Wildman–Crippen LogP) is 17.9. The summed E-state index contributed by atoms with van der Waals surface area (Å²) in [4.78, 5) is 16.3. The topological polar surface area (TPSA) is 48.5 Å². The van der Waals surface area contributed by atoms with Crippen molar-refractivity contribution in [1.29, 1.82) is 0 Å². The van der Waals surface area contributed by atoms with Gasteiger partial charge in [0.15, 0.2) is 17.5 Å². The lowest BCUT2D eigenvalue weighted by molar-refractivity contribution is 1.08. The van der Waals surface area contributed by atoms with Gasteiger partial charge in [-0.3, -0.25) is 0 Å². The highest BCUT2D eigenvalue weighted by Gasteiger charge is 2.24. The average Bonchev–Trinajstić information content (AvgIpc) is 4.00. The Kier molecular flexibility index (Phi) is 9.50. The van der Waals surface area contributed by atoms with Gasteiger partial charge in [-0.15, -0.1) is 0 Å². The van der Waals surface area contributed by atoms with Crippen LogP contribution in [0.2, 0.25) is 0 Å². The second-order valence-electron chi connectivity index (χ2n) is 19.2. The lowest BCUT2D eigenvalue weighted by atomic mass is 9.92. The molecule has 0 unspecified atom stereocenters. The highest BCUT2D eigenvalue weighted by Crippen LogP contribution is 2.46. The van der Waals surface area contributed by atoms with Gasteiger partial charge in [0, 0.05) is 54.9 Å². The van der Waals surface area contributed by atoms with E-state index >= 15 is 0 Å². The molecule has 0 spiro atoms. The van der Waals surface area contributed by atoms with E-state index in [-0.39, 0.29) is 0 Å². The van der Waals surface area contributed by atoms with Crippen LogP contribution >= 0.6 is 0 Å². The van der Waals surface area contributed by atoms with Gasteiger partial charge in [0.2, 0.25) is 0 Å². The van der Waals surface area contributed by atoms with Gasteiger partial charge < -0.3 is 9.13 Å². The van der Waals surface area contributed by atoms with Crippen LogP contribution in [0.5, 0.6) is 0 Å². The van der Waals surface area contributed by atoms with Crippen molar-refractivity contribution < 1.29 is 0 Å². The van der Waals surface area contributed by atoms with Crippen molar-refractivity contribution in [1.82, 2.24) is 24.1 Å². The van der Waals surface area contributed by atoms with Crippen LogP contribution in [-0.2, 0) is 0 Å². The fraction of sp³-hybridized carbons (Fsp3) is 0. The zero-order valence-electron chi connectivity index (χ0n) is 40.1. The van der Waals surface area contributed by atoms with Gasteiger partial charge in [-0.05, 0) is 98.2 Å². The van der Waals surface area contributed by atoms with Crippen LogP contribution in [0.25, 0.3) is 144 Å². The van der Waals surface area contributed by atoms with E-state index < -0.39 is 0 Å². The molecule has 3 aromatic heterocycles. The fourth-order valence-electron chi connectivity index (χ4n) is 11.4. The maximum atomic E-state index is 5.52. The lowest BCUT2D eigenvalue weighted by Gasteiger charge is -2.20. The van der Waals surface area contributed by atoms with E-state index in [0.29, 0.717) is 17.5 Å². The summed E-state index contributed by atoms with van der Waals surface area (Å²) in [7, 11) is 0. The monoisotopic (exact) mass is 941 g/mol. The highest BCUT2D eigenvalue weighted by molar-refractivity contribution is 6.19. The van der Waals surface area contributed by atoms with Crippen molar-refractivity contribution in [3.8, 4) is 67.8 Å². The van der Waals surface area contributed by atoms with E-state index in [4.69, 9.17) is 15.0 Å². The molecule has 0 N–H and O–H groups in total. The Hall–Kier alpha value is -9.97. The minimum Gasteiger partial charge on any atom is -0.309 e. The molecule has 0 bridgehead atoms. The van der Waals surface area contributed by atoms with Crippen molar-refractivity contribution in [2.24, 2.45) is 0 Å². The van der Waals surface area contributed by atoms with Crippen molar-refractivity contribution in [3.05, 3.63) is 261 Å². The largest absolute Gasteiger partial charge is 0.309 e. The first kappa shape index (κ1) is 41.8. The molecule has 12 aromatic carbocycles. The van der Waals surface area contributed by atoms with Crippen LogP contribution in [0.4, 0.5) is 0 Å². The summed E-state index contributed by atoms with van der Waals surface area (Å²) in [6.07, 6.45) is 0. The molecule has 0 saturated carbocycles. The number of para-hydroxylation sites is 2. The number of nitrogens with zero attached hydrogens (tertiary/aromatic N) is 5. The lowest BCUT2D eigenvalue weighted by Crippen LogP contribution is -2.04. The Morgan fingerprint density at radius 3 is 1.32 bits per heavy atom. The number of hydrogen-bond donors (Lipinski definition) is 0. The molecule has 0 radical (unpaired) electrons. The van der Waals surface area contributed by atoms with Gasteiger partial charge in [0.25, 0.3) is 0 Å². The number of hydrogen-bond acceptors (Lipinski definition) is 3. The Balaban J connectivity index is 1.03. The van der Waals surface area contributed by atoms with Crippen LogP contribution in [-0.4, -0.2) is 24.1 Å². The Bertz CT molecular complexity index is 4600. The average molecular weight is 942 g/mol. The standard InChI is InChI=1S/C69H43N5/c1-4-18-44(19-5-1)45-32-34-46(35-33-45)58-43-61(54-28-14-15-30-57(54)66(58)74-64-40-50-24-12-10-22-48(50)38-59(64)60-39-49-23-11-13-25-51(49)41-65(60)74)69-71-67(47-20-6-2-7-21-47)70-68(72-69)52-36-37-56-55-29-16-17-31-62(55)73(63(56)42-52)53-26-8-3-9-27-53/h1-43H. The summed E-state index contributed by atoms with van der Waals surface area (Å²) >= 11 is 0. The van der Waals surface area contributed by atoms with Crippen molar-refractivity contribution >= 4 is 75.9 Å². The van der Waals surface area contributed by atoms with E-state index in [1.54, 1.807) is 0 Å². The van der Waals surface area contributed by atoms with Crippen LogP contribution < -0.4 is 0 Å². The molecule has 0 aliphatic heterocycles. The van der Waals surface area contributed by atoms with Gasteiger partial charge in [0.1, 0.15) is 0 Å². The molecule has 0 saturated heterocycles. The third-order valence-electron chi connectivity index (χ3n) is 14.9. The predicted molar refractivity (Wildman–Crippen MR) is 308 cm³/mol. The maximum Gasteiger partial charge on any atom is 0.164 e. The first-order valence-corrected chi connectivity index (χ1v) is 25.2. The summed E-state index contributed by atoms with van der Waals surface area (Å²) in [5, 5.41) is 11.7. The van der Waals surface area contributed by atoms with Crippen molar-refractivity contribution in [3.63, 3.8) is 0 Å². The first-order chi connectivity index (χ1) is 36.7. The van der Waals surface area contributed by atoms with Crippen molar-refractivity contribution in [2.75, 3.05) is 0 Å². The Morgan fingerprint density at radius 1 is 0.230 bits per heavy atom. The van der Waals surface area contributed by atoms with E-state index in [9.17, 15) is 0 Å². The van der Waals surface area contributed by atoms with Gasteiger partial charge in [0.05, 0.1) is 27.8 Å². The molecule has 5 heteroatoms. The number of aromatic nitrogens is 5. The van der Waals surface area contributed by atoms with E-state index in [1.165, 1.54) is 48.7 Å². The molecule has 3 heterocycles. The fourth-order valence-corrected chi connectivity index (χ4v) is 11.4. The zero-order valence-corrected chi connectivity index (χ0v) is 40.1. The molecular weight excluding hydrogens is 899 g/mol. The summed E-state index contributed by atoms with van der Waals surface area (Å²) < 4.78 is 4.86. The number of benzene rings is 12. The smallest absolute Gasteiger partial charge is 0.164 e. The summed E-state index contributed by atoms with van der Waals surface area (Å²) in [5.74, 6) is 1.81. The minimum absolute atomic E-state index is 0.599. The Labute approximate surface area is 426 Å². The molecule has 5 nitrogen and oxygen atoms in total. The molecule has 74 heavy (non-hydrogen) atoms. The quantitative estimate of drug-likeness (QED) is 0.160. The number of fused-ring (bicyclic) bond motifs is 9. The molecule has 15 aromatic rings. The summed E-state index contributed by atoms with van der Waals surface area (Å²) in [6, 6.07) is 93.8. The van der Waals surface area contributed by atoms with Crippen molar-refractivity contribution in [2.45, 2.75) is 0 Å². The third-order valence-corrected chi connectivity index (χ3v) is 14.9. The van der Waals surface area contributed by atoms with Gasteiger partial charge >= 0.3 is 0 Å². The van der Waals surface area contributed by atoms with Crippen LogP contribution in [0.3, 0.4) is 0 Å². The van der Waals surface area contributed by atoms with E-state index in [2.05, 4.69) is 252 Å². The number of rotatable bonds is 7. The molecule has 0 atom stereocenters. The molecule has 0 aliphatic carbocycles. The maximum absolute atomic E-state index is 5.52. The molecular formula is C69H43N5. The minimum atomic E-state index is 0.599. The van der Waals surface area contributed by atoms with E-state index in [1.807, 2.05) is 18.2 Å². The highest BCUT2D eigenvalue weighted by atomic mass is 15.0. The van der Waals surface area contributed by atoms with Gasteiger partial charge in [-0.1, -0.05) is 206 Å². The summed E-state index contributed by atoms with van der Waals surface area (Å²) in [6.45, 7) is 0. The van der Waals surface area contributed by atoms with Gasteiger partial charge in [-0.25, -0.2) is 15.0 Å². The summed E-state index contributed by atoms with van der Waals surface area (Å²) in [5.41, 5.74) is 13.9. The third kappa shape index (κ3) is 6.75.